The van der Waals surface area contributed by atoms with E-state index < -0.39 is 86.9 Å². The van der Waals surface area contributed by atoms with E-state index in [1.807, 2.05) is 90.0 Å². The molecule has 0 heterocycles. The summed E-state index contributed by atoms with van der Waals surface area (Å²) < 4.78 is 343. The molecular weight excluding hydrogens is 2010 g/mol. The van der Waals surface area contributed by atoms with E-state index in [9.17, 15) is 110 Å². The minimum absolute atomic E-state index is 0.0395. The highest BCUT2D eigenvalue weighted by Gasteiger charge is 2.40. The quantitative estimate of drug-likeness (QED) is 0.0389. The van der Waals surface area contributed by atoms with Crippen LogP contribution in [0.5, 0.6) is 57.5 Å². The van der Waals surface area contributed by atoms with E-state index in [0.717, 1.165) is 114 Å². The third-order valence-corrected chi connectivity index (χ3v) is 23.3. The summed E-state index contributed by atoms with van der Waals surface area (Å²) in [5.74, 6) is -2.79. The van der Waals surface area contributed by atoms with Crippen LogP contribution in [0.25, 0.3) is 0 Å². The lowest BCUT2D eigenvalue weighted by atomic mass is 9.82. The molecule has 11 nitrogen and oxygen atoms in total. The van der Waals surface area contributed by atoms with Crippen molar-refractivity contribution in [3.8, 4) is 57.5 Å². The molecule has 0 bridgehead atoms. The van der Waals surface area contributed by atoms with Gasteiger partial charge in [0.1, 0.15) is 63.7 Å². The highest BCUT2D eigenvalue weighted by atomic mass is 19.4. The number of ether oxygens (including phenoxy) is 10. The predicted molar refractivity (Wildman–Crippen MR) is 546 cm³/mol. The van der Waals surface area contributed by atoms with E-state index in [0.29, 0.717) is 86.2 Å². The van der Waals surface area contributed by atoms with Crippen LogP contribution in [0.3, 0.4) is 0 Å². The number of alkyl halides is 24. The minimum Gasteiger partial charge on any atom is -0.493 e. The molecule has 7 rings (SSSR count). The van der Waals surface area contributed by atoms with Crippen LogP contribution in [0.15, 0.2) is 127 Å². The SMILES string of the molecule is CC(C)(C)CCOc1cc(OC(F)(F)F)ccc1C(C)(C)C.CC(C)CCCc1cc(OC(F)(F)F)ccc1C(C)(C)C.CCC(C)(C)COc1cc(OC(F)(F)F)ccc1C(C)(C)C.CCC(C)CCc1cc(OC(F)(F)F)ccc1C(C)(C)C.CCC(F)(F)COc1cc(OC(F)(F)F)ccc1C(C)(C)C.CCC(F)CCc1cc(OC(F)(F)F)ccc1C(C)(C)C.CCC(O)CCc1cc(OC(F)(F)F)ccc1C(C)(C)C. The first-order valence-electron chi connectivity index (χ1n) is 50.4. The maximum Gasteiger partial charge on any atom is 0.573 e. The Labute approximate surface area is 874 Å². The molecule has 150 heavy (non-hydrogen) atoms. The van der Waals surface area contributed by atoms with Gasteiger partial charge in [0.25, 0.3) is 5.92 Å². The number of hydrogen-bond donors (Lipinski definition) is 1. The first-order valence-corrected chi connectivity index (χ1v) is 50.4. The number of halogens is 24. The van der Waals surface area contributed by atoms with Crippen molar-refractivity contribution in [2.24, 2.45) is 22.7 Å². The second kappa shape index (κ2) is 57.3. The molecule has 0 spiro atoms. The maximum atomic E-state index is 13.4. The van der Waals surface area contributed by atoms with Gasteiger partial charge in [-0.25, -0.2) is 13.2 Å². The van der Waals surface area contributed by atoms with Crippen molar-refractivity contribution < 1.29 is 158 Å². The molecule has 0 aliphatic rings. The lowest BCUT2D eigenvalue weighted by Gasteiger charge is -2.27. The Kier molecular flexibility index (Phi) is 53.0. The molecular formula is C115H164F24O11. The summed E-state index contributed by atoms with van der Waals surface area (Å²) in [5, 5.41) is 9.66. The van der Waals surface area contributed by atoms with Crippen LogP contribution in [0.2, 0.25) is 0 Å². The van der Waals surface area contributed by atoms with Crippen molar-refractivity contribution in [2.75, 3.05) is 19.8 Å². The first kappa shape index (κ1) is 139. The molecule has 7 aromatic carbocycles. The molecule has 0 fully saturated rings. The molecule has 3 atom stereocenters. The van der Waals surface area contributed by atoms with Crippen LogP contribution in [-0.2, 0) is 63.6 Å². The molecule has 0 aliphatic heterocycles. The lowest BCUT2D eigenvalue weighted by Crippen LogP contribution is -2.25. The Morgan fingerprint density at radius 2 is 0.513 bits per heavy atom. The number of aliphatic hydroxyl groups is 1. The number of rotatable bonds is 34. The molecule has 0 aliphatic carbocycles. The minimum atomic E-state index is -4.85. The normalized spacial score (nSPS) is 13.5. The van der Waals surface area contributed by atoms with Crippen molar-refractivity contribution >= 4 is 0 Å². The van der Waals surface area contributed by atoms with E-state index in [1.54, 1.807) is 64.1 Å². The Balaban J connectivity index is 0.000000875. The molecule has 858 valence electrons. The van der Waals surface area contributed by atoms with Crippen LogP contribution >= 0.6 is 0 Å². The standard InChI is InChI=1S/2C17H25F3O2.2C17H25F3O.C16H22F4O.C16H23F3O2.C15H19F5O2/c1-15(2,3)9-10-21-14-11-12(22-17(18,19)20)7-8-13(14)16(4,5)6;1-7-16(5,6)11-21-14-10-12(22-17(18,19)20)8-9-13(14)15(2,3)4;1-12(2)7-6-8-13-11-14(21-17(18,19)20)9-10-15(13)16(3,4)5;1-6-12(2)7-8-13-11-14(21-17(18,19)20)9-10-15(13)16(3,4)5;1-5-12(17)7-6-11-10-13(21-16(18,19)20)8-9-14(11)15(2,3)4;1-5-12(20)7-6-11-10-13(21-16(17,18)19)8-9-14(11)15(2,3)4;1-5-14(16,17)9-21-12-8-10(22-15(18,19)20)6-7-11(12)13(2,3)4/h7-8,11H,9-10H2,1-6H3;8-10H,7,11H2,1-6H3;2*9-12H,6-8H2,1-5H3;8-10,12H,5-7H2,1-4H3;8-10,12,20H,5-7H2,1-4H3;6-8H,5,9H2,1-4H3. The summed E-state index contributed by atoms with van der Waals surface area (Å²) in [7, 11) is 0. The van der Waals surface area contributed by atoms with Crippen molar-refractivity contribution in [1.29, 1.82) is 0 Å². The van der Waals surface area contributed by atoms with E-state index in [1.165, 1.54) is 85.8 Å². The van der Waals surface area contributed by atoms with Gasteiger partial charge in [0, 0.05) is 24.6 Å². The van der Waals surface area contributed by atoms with Gasteiger partial charge in [0.05, 0.1) is 19.3 Å². The van der Waals surface area contributed by atoms with Crippen LogP contribution in [0, 0.1) is 22.7 Å². The zero-order chi connectivity index (χ0) is 117. The van der Waals surface area contributed by atoms with Crippen molar-refractivity contribution in [3.05, 3.63) is 189 Å². The topological polar surface area (TPSA) is 113 Å². The number of aliphatic hydroxyl groups excluding tert-OH is 1. The lowest BCUT2D eigenvalue weighted by molar-refractivity contribution is -0.275. The monoisotopic (exact) mass is 2180 g/mol. The van der Waals surface area contributed by atoms with Crippen LogP contribution in [-0.4, -0.2) is 87.7 Å². The fourth-order valence-electron chi connectivity index (χ4n) is 14.6. The van der Waals surface area contributed by atoms with Crippen molar-refractivity contribution in [3.63, 3.8) is 0 Å². The Morgan fingerprint density at radius 3 is 0.747 bits per heavy atom. The average molecular weight is 2180 g/mol. The highest BCUT2D eigenvalue weighted by Crippen LogP contribution is 2.45. The van der Waals surface area contributed by atoms with Gasteiger partial charge in [-0.1, -0.05) is 291 Å². The predicted octanol–water partition coefficient (Wildman–Crippen LogP) is 38.6. The fraction of sp³-hybridized carbons (Fsp3) is 0.635. The summed E-state index contributed by atoms with van der Waals surface area (Å²) in [4.78, 5) is 0. The van der Waals surface area contributed by atoms with Gasteiger partial charge in [0.15, 0.2) is 6.61 Å². The van der Waals surface area contributed by atoms with Gasteiger partial charge in [0.2, 0.25) is 0 Å². The van der Waals surface area contributed by atoms with E-state index in [4.69, 9.17) is 14.2 Å². The van der Waals surface area contributed by atoms with Crippen molar-refractivity contribution in [2.45, 2.75) is 432 Å². The Bertz CT molecular complexity index is 4800. The van der Waals surface area contributed by atoms with Crippen LogP contribution < -0.4 is 47.4 Å². The van der Waals surface area contributed by atoms with Crippen LogP contribution in [0.4, 0.5) is 105 Å². The molecule has 35 heteroatoms. The molecule has 7 aromatic rings. The number of hydrogen-bond acceptors (Lipinski definition) is 11. The Hall–Kier alpha value is -9.18. The largest absolute Gasteiger partial charge is 0.573 e. The average Bonchev–Trinajstić information content (AvgIpc) is 0.809. The third-order valence-electron chi connectivity index (χ3n) is 23.3. The molecule has 3 unspecified atom stereocenters. The molecule has 0 radical (unpaired) electrons. The molecule has 0 saturated carbocycles. The third kappa shape index (κ3) is 59.3. The zero-order valence-electron chi connectivity index (χ0n) is 93.8. The molecule has 0 saturated heterocycles. The highest BCUT2D eigenvalue weighted by molar-refractivity contribution is 5.49. The summed E-state index contributed by atoms with van der Waals surface area (Å²) >= 11 is 0. The fourth-order valence-corrected chi connectivity index (χ4v) is 14.6. The van der Waals surface area contributed by atoms with Gasteiger partial charge in [-0.05, 0) is 266 Å². The van der Waals surface area contributed by atoms with Gasteiger partial charge < -0.3 is 52.5 Å². The molecule has 0 aromatic heterocycles. The van der Waals surface area contributed by atoms with Crippen molar-refractivity contribution in [1.82, 2.24) is 0 Å². The second-order valence-electron chi connectivity index (χ2n) is 46.8. The smallest absolute Gasteiger partial charge is 0.493 e. The molecule has 0 amide bonds. The first-order chi connectivity index (χ1) is 67.5. The van der Waals surface area contributed by atoms with Gasteiger partial charge in [-0.2, -0.15) is 0 Å². The second-order valence-corrected chi connectivity index (χ2v) is 46.8. The zero-order valence-corrected chi connectivity index (χ0v) is 93.8. The van der Waals surface area contributed by atoms with Gasteiger partial charge in [-0.15, -0.1) is 92.2 Å². The number of benzene rings is 7. The summed E-state index contributed by atoms with van der Waals surface area (Å²) in [5.41, 5.74) is 8.22. The van der Waals surface area contributed by atoms with Gasteiger partial charge >= 0.3 is 44.5 Å². The maximum absolute atomic E-state index is 13.4. The summed E-state index contributed by atoms with van der Waals surface area (Å²) in [6.07, 6.45) is -24.6. The summed E-state index contributed by atoms with van der Waals surface area (Å²) in [6.45, 7) is 67.6. The van der Waals surface area contributed by atoms with E-state index in [2.05, 4.69) is 144 Å². The van der Waals surface area contributed by atoms with E-state index >= 15 is 0 Å². The molecule has 1 N–H and O–H groups in total. The van der Waals surface area contributed by atoms with E-state index in [-0.39, 0.29) is 83.6 Å². The number of aryl methyl sites for hydroxylation is 4. The summed E-state index contributed by atoms with van der Waals surface area (Å²) in [6, 6.07) is 30.2. The van der Waals surface area contributed by atoms with Gasteiger partial charge in [-0.3, -0.25) is 0 Å². The van der Waals surface area contributed by atoms with Crippen LogP contribution in [0.1, 0.15) is 367 Å². The Morgan fingerprint density at radius 1 is 0.267 bits per heavy atom.